The Labute approximate surface area is 313 Å². The second-order valence-electron chi connectivity index (χ2n) is 15.5. The maximum atomic E-state index is 12.7. The molecule has 1 unspecified atom stereocenters. The molecule has 6 heterocycles. The van der Waals surface area contributed by atoms with Gasteiger partial charge in [-0.2, -0.15) is 0 Å². The molecule has 1 aliphatic carbocycles. The number of rotatable bonds is 8. The van der Waals surface area contributed by atoms with E-state index in [-0.39, 0.29) is 17.5 Å². The van der Waals surface area contributed by atoms with Gasteiger partial charge < -0.3 is 29.9 Å². The third kappa shape index (κ3) is 6.59. The van der Waals surface area contributed by atoms with E-state index in [9.17, 15) is 14.4 Å². The molecular weight excluding hydrogens is 683 g/mol. The van der Waals surface area contributed by atoms with Crippen LogP contribution in [-0.4, -0.2) is 74.5 Å². The van der Waals surface area contributed by atoms with Gasteiger partial charge in [-0.05, 0) is 119 Å². The van der Waals surface area contributed by atoms with Gasteiger partial charge in [0.1, 0.15) is 11.5 Å². The molecule has 3 amide bonds. The van der Waals surface area contributed by atoms with Crippen molar-refractivity contribution >= 4 is 56.9 Å². The number of fused-ring (bicyclic) bond motifs is 3. The van der Waals surface area contributed by atoms with E-state index in [2.05, 4.69) is 77.7 Å². The normalized spacial score (nSPS) is 23.2. The number of primary amides is 1. The number of nitrogens with zero attached hydrogens (tertiary/aromatic N) is 6. The van der Waals surface area contributed by atoms with Crippen LogP contribution in [0.25, 0.3) is 21.9 Å². The highest BCUT2D eigenvalue weighted by molar-refractivity contribution is 6.09. The van der Waals surface area contributed by atoms with Crippen LogP contribution in [-0.2, 0) is 9.59 Å². The van der Waals surface area contributed by atoms with E-state index in [0.29, 0.717) is 47.9 Å². The van der Waals surface area contributed by atoms with Gasteiger partial charge in [-0.15, -0.1) is 0 Å². The zero-order valence-corrected chi connectivity index (χ0v) is 30.5. The van der Waals surface area contributed by atoms with Crippen LogP contribution in [0.5, 0.6) is 0 Å². The Balaban J connectivity index is 0.808. The molecule has 0 radical (unpaired) electrons. The van der Waals surface area contributed by atoms with Crippen molar-refractivity contribution in [3.63, 3.8) is 0 Å². The number of likely N-dealkylation sites (tertiary alicyclic amines) is 1. The van der Waals surface area contributed by atoms with Gasteiger partial charge in [-0.3, -0.25) is 19.7 Å². The SMILES string of the molecule is NC(=O)c1ncc(N2CCCCC2)nc1Nc1ccc(C2CCN([C@H]3CC[C@H](n4ccc5c6c(C7CCC(=O)NC7=O)noc6ccc54)CC3)CC2)cc1. The lowest BCUT2D eigenvalue weighted by atomic mass is 9.85. The largest absolute Gasteiger partial charge is 0.364 e. The molecule has 3 saturated heterocycles. The summed E-state index contributed by atoms with van der Waals surface area (Å²) in [4.78, 5) is 50.7. The summed E-state index contributed by atoms with van der Waals surface area (Å²) in [7, 11) is 0. The topological polar surface area (TPSA) is 165 Å². The van der Waals surface area contributed by atoms with Crippen molar-refractivity contribution in [3.05, 3.63) is 71.8 Å². The summed E-state index contributed by atoms with van der Waals surface area (Å²) in [5.74, 6) is 0.0731. The number of piperidine rings is 3. The summed E-state index contributed by atoms with van der Waals surface area (Å²) in [5.41, 5.74) is 10.4. The Morgan fingerprint density at radius 3 is 2.37 bits per heavy atom. The fraction of sp³-hybridized carbons (Fsp3) is 0.463. The summed E-state index contributed by atoms with van der Waals surface area (Å²) >= 11 is 0. The highest BCUT2D eigenvalue weighted by atomic mass is 16.5. The van der Waals surface area contributed by atoms with Gasteiger partial charge in [-0.1, -0.05) is 17.3 Å². The molecule has 0 bridgehead atoms. The zero-order valence-electron chi connectivity index (χ0n) is 30.5. The lowest BCUT2D eigenvalue weighted by molar-refractivity contribution is -0.134. The average molecular weight is 730 g/mol. The van der Waals surface area contributed by atoms with Crippen LogP contribution in [0.15, 0.2) is 59.4 Å². The summed E-state index contributed by atoms with van der Waals surface area (Å²) in [6, 6.07) is 15.7. The number of amides is 3. The first-order chi connectivity index (χ1) is 26.4. The van der Waals surface area contributed by atoms with Crippen LogP contribution in [0.2, 0.25) is 0 Å². The molecule has 280 valence electrons. The molecule has 4 N–H and O–H groups in total. The molecule has 9 rings (SSSR count). The number of carbonyl (C=O) groups excluding carboxylic acids is 3. The number of benzene rings is 2. The van der Waals surface area contributed by atoms with Crippen LogP contribution in [0, 0.1) is 0 Å². The fourth-order valence-corrected chi connectivity index (χ4v) is 9.41. The molecule has 3 aliphatic heterocycles. The van der Waals surface area contributed by atoms with Gasteiger partial charge in [0.2, 0.25) is 11.8 Å². The summed E-state index contributed by atoms with van der Waals surface area (Å²) < 4.78 is 8.07. The molecule has 4 fully saturated rings. The Hall–Kier alpha value is -5.30. The molecule has 1 atom stereocenters. The predicted molar refractivity (Wildman–Crippen MR) is 206 cm³/mol. The number of hydrogen-bond donors (Lipinski definition) is 3. The average Bonchev–Trinajstić information content (AvgIpc) is 3.83. The van der Waals surface area contributed by atoms with Crippen LogP contribution in [0.3, 0.4) is 0 Å². The fourth-order valence-electron chi connectivity index (χ4n) is 9.41. The summed E-state index contributed by atoms with van der Waals surface area (Å²) in [5, 5.41) is 12.0. The van der Waals surface area contributed by atoms with E-state index in [1.165, 1.54) is 24.8 Å². The van der Waals surface area contributed by atoms with E-state index >= 15 is 0 Å². The highest BCUT2D eigenvalue weighted by Crippen LogP contribution is 2.40. The molecule has 13 heteroatoms. The number of hydrogen-bond acceptors (Lipinski definition) is 10. The zero-order chi connectivity index (χ0) is 36.8. The number of carbonyl (C=O) groups is 3. The number of nitrogens with two attached hydrogens (primary N) is 1. The summed E-state index contributed by atoms with van der Waals surface area (Å²) in [6.07, 6.45) is 14.9. The molecule has 2 aromatic carbocycles. The van der Waals surface area contributed by atoms with Crippen LogP contribution < -0.4 is 21.3 Å². The minimum Gasteiger partial charge on any atom is -0.364 e. The van der Waals surface area contributed by atoms with Crippen molar-refractivity contribution < 1.29 is 18.9 Å². The van der Waals surface area contributed by atoms with Gasteiger partial charge in [0.05, 0.1) is 17.5 Å². The first-order valence-electron chi connectivity index (χ1n) is 19.6. The van der Waals surface area contributed by atoms with Gasteiger partial charge in [0.15, 0.2) is 17.1 Å². The molecular formula is C41H47N9O4. The predicted octanol–water partition coefficient (Wildman–Crippen LogP) is 6.29. The smallest absolute Gasteiger partial charge is 0.271 e. The van der Waals surface area contributed by atoms with Gasteiger partial charge >= 0.3 is 0 Å². The Kier molecular flexibility index (Phi) is 9.26. The minimum absolute atomic E-state index is 0.150. The van der Waals surface area contributed by atoms with E-state index in [1.54, 1.807) is 6.20 Å². The number of imide groups is 1. The quantitative estimate of drug-likeness (QED) is 0.155. The molecule has 4 aliphatic rings. The molecule has 54 heavy (non-hydrogen) atoms. The molecule has 3 aromatic heterocycles. The van der Waals surface area contributed by atoms with Crippen LogP contribution in [0.4, 0.5) is 17.3 Å². The lowest BCUT2D eigenvalue weighted by Crippen LogP contribution is -2.42. The third-order valence-corrected chi connectivity index (χ3v) is 12.4. The van der Waals surface area contributed by atoms with Gasteiger partial charge in [-0.25, -0.2) is 9.97 Å². The van der Waals surface area contributed by atoms with E-state index in [4.69, 9.17) is 15.2 Å². The van der Waals surface area contributed by atoms with Crippen molar-refractivity contribution in [3.8, 4) is 0 Å². The Morgan fingerprint density at radius 2 is 1.63 bits per heavy atom. The van der Waals surface area contributed by atoms with Crippen LogP contribution in [0.1, 0.15) is 110 Å². The molecule has 13 nitrogen and oxygen atoms in total. The second kappa shape index (κ2) is 14.5. The summed E-state index contributed by atoms with van der Waals surface area (Å²) in [6.45, 7) is 4.08. The van der Waals surface area contributed by atoms with E-state index in [1.807, 2.05) is 6.07 Å². The van der Waals surface area contributed by atoms with Crippen molar-refractivity contribution in [1.82, 2.24) is 29.9 Å². The van der Waals surface area contributed by atoms with E-state index < -0.39 is 11.8 Å². The van der Waals surface area contributed by atoms with Gasteiger partial charge in [0.25, 0.3) is 5.91 Å². The van der Waals surface area contributed by atoms with Crippen molar-refractivity contribution in [2.75, 3.05) is 36.4 Å². The van der Waals surface area contributed by atoms with Crippen LogP contribution >= 0.6 is 0 Å². The van der Waals surface area contributed by atoms with Gasteiger partial charge in [0, 0.05) is 54.4 Å². The minimum atomic E-state index is -0.596. The number of anilines is 3. The van der Waals surface area contributed by atoms with Crippen molar-refractivity contribution in [2.24, 2.45) is 5.73 Å². The maximum Gasteiger partial charge on any atom is 0.271 e. The Morgan fingerprint density at radius 1 is 0.870 bits per heavy atom. The number of nitrogens with one attached hydrogen (secondary N) is 2. The van der Waals surface area contributed by atoms with Crippen molar-refractivity contribution in [2.45, 2.75) is 94.5 Å². The first kappa shape index (κ1) is 34.5. The molecule has 1 saturated carbocycles. The third-order valence-electron chi connectivity index (χ3n) is 12.4. The monoisotopic (exact) mass is 729 g/mol. The molecule has 5 aromatic rings. The standard InChI is InChI=1S/C41H47N9O4/c42-39(52)38-40(45-34(24-43-38)49-19-2-1-3-20-49)44-27-6-4-25(5-7-27)26-16-21-48(22-17-26)28-8-10-29(11-9-28)50-23-18-30-32(50)13-14-33-36(30)37(47-54-33)31-12-15-35(51)46-41(31)53/h4-7,13-14,18,23-24,26,28-29,31H,1-3,8-12,15-17,19-22H2,(H2,42,52)(H,44,45)(H,46,51,53)/t28-,29-,31?. The van der Waals surface area contributed by atoms with E-state index in [0.717, 1.165) is 92.5 Å². The molecule has 0 spiro atoms. The van der Waals surface area contributed by atoms with Crippen molar-refractivity contribution in [1.29, 1.82) is 0 Å². The number of aromatic nitrogens is 4. The second-order valence-corrected chi connectivity index (χ2v) is 15.5. The Bertz CT molecular complexity index is 2190. The lowest BCUT2D eigenvalue weighted by Gasteiger charge is -2.41. The maximum absolute atomic E-state index is 12.7. The highest BCUT2D eigenvalue weighted by Gasteiger charge is 2.34. The first-order valence-corrected chi connectivity index (χ1v) is 19.6.